The van der Waals surface area contributed by atoms with E-state index in [4.69, 9.17) is 5.26 Å². The molecule has 0 heterocycles. The van der Waals surface area contributed by atoms with Gasteiger partial charge >= 0.3 is 5.97 Å². The van der Waals surface area contributed by atoms with Crippen LogP contribution in [0.1, 0.15) is 16.7 Å². The first kappa shape index (κ1) is 17.6. The fourth-order valence-corrected chi connectivity index (χ4v) is 2.07. The summed E-state index contributed by atoms with van der Waals surface area (Å²) in [6.45, 7) is 0. The summed E-state index contributed by atoms with van der Waals surface area (Å²) < 4.78 is 4.64. The summed E-state index contributed by atoms with van der Waals surface area (Å²) in [6, 6.07) is 14.9. The summed E-state index contributed by atoms with van der Waals surface area (Å²) in [7, 11) is 1.26. The number of hydrogen-bond donors (Lipinski definition) is 0. The summed E-state index contributed by atoms with van der Waals surface area (Å²) in [4.78, 5) is 22.1. The summed E-state index contributed by atoms with van der Waals surface area (Å²) in [6.07, 6.45) is 4.67. The van der Waals surface area contributed by atoms with Crippen LogP contribution in [0.15, 0.2) is 60.7 Å². The number of nitro benzene ring substituents is 1. The lowest BCUT2D eigenvalue weighted by molar-refractivity contribution is -0.384. The van der Waals surface area contributed by atoms with Crippen LogP contribution in [0.5, 0.6) is 0 Å². The average Bonchev–Trinajstić information content (AvgIpc) is 2.65. The number of allylic oxidation sites excluding steroid dienone is 2. The van der Waals surface area contributed by atoms with E-state index in [1.165, 1.54) is 25.3 Å². The molecule has 0 fully saturated rings. The number of methoxy groups -OCH3 is 1. The molecule has 0 aliphatic heterocycles. The highest BCUT2D eigenvalue weighted by molar-refractivity contribution is 5.95. The zero-order valence-electron chi connectivity index (χ0n) is 13.4. The topological polar surface area (TPSA) is 93.2 Å². The van der Waals surface area contributed by atoms with Crippen molar-refractivity contribution in [1.29, 1.82) is 5.26 Å². The molecule has 2 aromatic rings. The molecule has 6 heteroatoms. The average molecular weight is 334 g/mol. The molecule has 0 aliphatic rings. The van der Waals surface area contributed by atoms with E-state index in [0.29, 0.717) is 16.7 Å². The van der Waals surface area contributed by atoms with E-state index in [1.807, 2.05) is 6.07 Å². The molecular weight excluding hydrogens is 320 g/mol. The SMILES string of the molecule is COC(=O)/C=C(/C=C/c1ccc(C#N)cc1)c1cccc([N+](=O)[O-])c1. The Hall–Kier alpha value is -3.72. The van der Waals surface area contributed by atoms with Crippen LogP contribution in [0.25, 0.3) is 11.6 Å². The Morgan fingerprint density at radius 2 is 1.96 bits per heavy atom. The van der Waals surface area contributed by atoms with Gasteiger partial charge in [0.1, 0.15) is 0 Å². The van der Waals surface area contributed by atoms with Crippen LogP contribution in [0, 0.1) is 21.4 Å². The molecule has 0 atom stereocenters. The van der Waals surface area contributed by atoms with Gasteiger partial charge in [0.05, 0.1) is 23.7 Å². The van der Waals surface area contributed by atoms with Crippen LogP contribution in [0.3, 0.4) is 0 Å². The van der Waals surface area contributed by atoms with E-state index in [9.17, 15) is 14.9 Å². The van der Waals surface area contributed by atoms with Crippen molar-refractivity contribution in [3.05, 3.63) is 87.5 Å². The molecule has 0 spiro atoms. The molecule has 2 aromatic carbocycles. The lowest BCUT2D eigenvalue weighted by atomic mass is 10.0. The van der Waals surface area contributed by atoms with Crippen LogP contribution in [0.4, 0.5) is 5.69 Å². The van der Waals surface area contributed by atoms with Gasteiger partial charge in [0.2, 0.25) is 0 Å². The van der Waals surface area contributed by atoms with Gasteiger partial charge in [0, 0.05) is 18.2 Å². The second-order valence-electron chi connectivity index (χ2n) is 5.00. The minimum Gasteiger partial charge on any atom is -0.466 e. The Morgan fingerprint density at radius 1 is 1.24 bits per heavy atom. The van der Waals surface area contributed by atoms with Crippen LogP contribution in [-0.4, -0.2) is 18.0 Å². The number of nitrogens with zero attached hydrogens (tertiary/aromatic N) is 2. The zero-order chi connectivity index (χ0) is 18.2. The Bertz CT molecular complexity index is 890. The van der Waals surface area contributed by atoms with Crippen LogP contribution in [-0.2, 0) is 9.53 Å². The van der Waals surface area contributed by atoms with E-state index < -0.39 is 10.9 Å². The van der Waals surface area contributed by atoms with E-state index in [0.717, 1.165) is 5.56 Å². The van der Waals surface area contributed by atoms with E-state index in [1.54, 1.807) is 48.6 Å². The molecule has 0 saturated heterocycles. The normalized spacial score (nSPS) is 11.1. The maximum absolute atomic E-state index is 11.6. The summed E-state index contributed by atoms with van der Waals surface area (Å²) in [5.41, 5.74) is 2.28. The predicted octanol–water partition coefficient (Wildman–Crippen LogP) is 3.74. The van der Waals surface area contributed by atoms with Crippen molar-refractivity contribution in [3.8, 4) is 6.07 Å². The second-order valence-corrected chi connectivity index (χ2v) is 5.00. The molecule has 124 valence electrons. The van der Waals surface area contributed by atoms with Crippen molar-refractivity contribution < 1.29 is 14.5 Å². The Kier molecular flexibility index (Phi) is 5.80. The third-order valence-electron chi connectivity index (χ3n) is 3.36. The lowest BCUT2D eigenvalue weighted by Crippen LogP contribution is -1.97. The maximum Gasteiger partial charge on any atom is 0.331 e. The number of hydrogen-bond acceptors (Lipinski definition) is 5. The number of carbonyl (C=O) groups excluding carboxylic acids is 1. The van der Waals surface area contributed by atoms with Gasteiger partial charge in [-0.25, -0.2) is 4.79 Å². The standard InChI is InChI=1S/C19H14N2O4/c1-25-19(22)12-17(16-3-2-4-18(11-16)21(23)24)10-9-14-5-7-15(13-20)8-6-14/h2-12H,1H3/b10-9+,17-12-. The monoisotopic (exact) mass is 334 g/mol. The van der Waals surface area contributed by atoms with E-state index in [-0.39, 0.29) is 5.69 Å². The van der Waals surface area contributed by atoms with Crippen molar-refractivity contribution in [1.82, 2.24) is 0 Å². The van der Waals surface area contributed by atoms with Crippen molar-refractivity contribution in [2.75, 3.05) is 7.11 Å². The highest BCUT2D eigenvalue weighted by Gasteiger charge is 2.09. The van der Waals surface area contributed by atoms with Gasteiger partial charge in [-0.15, -0.1) is 0 Å². The van der Waals surface area contributed by atoms with Crippen molar-refractivity contribution in [2.45, 2.75) is 0 Å². The highest BCUT2D eigenvalue weighted by Crippen LogP contribution is 2.22. The first-order chi connectivity index (χ1) is 12.0. The predicted molar refractivity (Wildman–Crippen MR) is 93.3 cm³/mol. The lowest BCUT2D eigenvalue weighted by Gasteiger charge is -2.03. The minimum atomic E-state index is -0.564. The number of non-ortho nitro benzene ring substituents is 1. The third kappa shape index (κ3) is 4.88. The minimum absolute atomic E-state index is 0.0694. The fraction of sp³-hybridized carbons (Fsp3) is 0.0526. The first-order valence-electron chi connectivity index (χ1n) is 7.26. The number of esters is 1. The van der Waals surface area contributed by atoms with Gasteiger partial charge in [0.25, 0.3) is 5.69 Å². The molecule has 0 bridgehead atoms. The molecule has 25 heavy (non-hydrogen) atoms. The summed E-state index contributed by atoms with van der Waals surface area (Å²) in [5, 5.41) is 19.8. The molecular formula is C19H14N2O4. The van der Waals surface area contributed by atoms with Gasteiger partial charge in [-0.3, -0.25) is 10.1 Å². The molecule has 6 nitrogen and oxygen atoms in total. The second kappa shape index (κ2) is 8.22. The molecule has 0 N–H and O–H groups in total. The molecule has 0 amide bonds. The first-order valence-corrected chi connectivity index (χ1v) is 7.26. The van der Waals surface area contributed by atoms with Crippen molar-refractivity contribution >= 4 is 23.3 Å². The van der Waals surface area contributed by atoms with Gasteiger partial charge in [-0.05, 0) is 28.8 Å². The number of rotatable bonds is 5. The van der Waals surface area contributed by atoms with Gasteiger partial charge in [-0.1, -0.05) is 36.4 Å². The Morgan fingerprint density at radius 3 is 2.56 bits per heavy atom. The van der Waals surface area contributed by atoms with E-state index >= 15 is 0 Å². The van der Waals surface area contributed by atoms with Crippen molar-refractivity contribution in [2.24, 2.45) is 0 Å². The quantitative estimate of drug-likeness (QED) is 0.273. The van der Waals surface area contributed by atoms with Crippen LogP contribution >= 0.6 is 0 Å². The summed E-state index contributed by atoms with van der Waals surface area (Å²) >= 11 is 0. The van der Waals surface area contributed by atoms with E-state index in [2.05, 4.69) is 4.74 Å². The Balaban J connectivity index is 2.39. The number of nitriles is 1. The number of ether oxygens (including phenoxy) is 1. The smallest absolute Gasteiger partial charge is 0.331 e. The van der Waals surface area contributed by atoms with Gasteiger partial charge in [0.15, 0.2) is 0 Å². The summed E-state index contributed by atoms with van der Waals surface area (Å²) in [5.74, 6) is -0.564. The van der Waals surface area contributed by atoms with Gasteiger partial charge < -0.3 is 4.74 Å². The number of benzene rings is 2. The molecule has 0 saturated carbocycles. The molecule has 0 unspecified atom stereocenters. The fourth-order valence-electron chi connectivity index (χ4n) is 2.07. The highest BCUT2D eigenvalue weighted by atomic mass is 16.6. The van der Waals surface area contributed by atoms with Gasteiger partial charge in [-0.2, -0.15) is 5.26 Å². The largest absolute Gasteiger partial charge is 0.466 e. The maximum atomic E-state index is 11.6. The van der Waals surface area contributed by atoms with Crippen LogP contribution < -0.4 is 0 Å². The molecule has 0 radical (unpaired) electrons. The number of carbonyl (C=O) groups is 1. The molecule has 0 aliphatic carbocycles. The Labute approximate surface area is 144 Å². The van der Waals surface area contributed by atoms with Crippen LogP contribution in [0.2, 0.25) is 0 Å². The molecule has 0 aromatic heterocycles. The van der Waals surface area contributed by atoms with Crippen molar-refractivity contribution in [3.63, 3.8) is 0 Å². The zero-order valence-corrected chi connectivity index (χ0v) is 13.4. The molecule has 2 rings (SSSR count). The third-order valence-corrected chi connectivity index (χ3v) is 3.36. The number of nitro groups is 1.